The largest absolute Gasteiger partial charge is 0.444 e. The Morgan fingerprint density at radius 3 is 1.33 bits per heavy atom. The summed E-state index contributed by atoms with van der Waals surface area (Å²) in [4.78, 5) is 56.2. The van der Waals surface area contributed by atoms with E-state index in [2.05, 4.69) is 30.6 Å². The van der Waals surface area contributed by atoms with Crippen LogP contribution in [0.1, 0.15) is 115 Å². The summed E-state index contributed by atoms with van der Waals surface area (Å²) in [6.07, 6.45) is 11.4. The molecule has 0 aliphatic carbocycles. The highest BCUT2D eigenvalue weighted by Gasteiger charge is 2.33. The maximum Gasteiger partial charge on any atom is 0.410 e. The second-order valence-corrected chi connectivity index (χ2v) is 31.5. The molecule has 22 nitrogen and oxygen atoms in total. The Balaban J connectivity index is 0.000000198. The number of anilines is 2. The Morgan fingerprint density at radius 1 is 0.531 bits per heavy atom. The van der Waals surface area contributed by atoms with Crippen LogP contribution in [0.25, 0.3) is 44.1 Å². The zero-order valence-electron chi connectivity index (χ0n) is 56.5. The van der Waals surface area contributed by atoms with Crippen molar-refractivity contribution < 1.29 is 63.6 Å². The van der Waals surface area contributed by atoms with Gasteiger partial charge in [0.1, 0.15) is 34.3 Å². The highest BCUT2D eigenvalue weighted by molar-refractivity contribution is 7.90. The van der Waals surface area contributed by atoms with Gasteiger partial charge in [0.2, 0.25) is 23.7 Å². The number of fused-ring (bicyclic) bond motifs is 2. The van der Waals surface area contributed by atoms with Gasteiger partial charge in [0, 0.05) is 98.2 Å². The minimum absolute atomic E-state index is 0.0661. The Labute approximate surface area is 570 Å². The van der Waals surface area contributed by atoms with E-state index in [1.165, 1.54) is 12.1 Å². The van der Waals surface area contributed by atoms with E-state index < -0.39 is 54.0 Å². The van der Waals surface area contributed by atoms with Gasteiger partial charge in [-0.25, -0.2) is 65.1 Å². The van der Waals surface area contributed by atoms with Crippen molar-refractivity contribution in [1.29, 1.82) is 0 Å². The monoisotopic (exact) mass is 1380 g/mol. The molecule has 8 heterocycles. The number of piperidine rings is 2. The number of carbonyl (C=O) groups is 2. The van der Waals surface area contributed by atoms with Crippen LogP contribution in [0.4, 0.5) is 30.3 Å². The van der Waals surface area contributed by atoms with E-state index >= 15 is 8.78 Å². The fourth-order valence-corrected chi connectivity index (χ4v) is 15.9. The maximum atomic E-state index is 15.2. The van der Waals surface area contributed by atoms with E-state index in [9.17, 15) is 26.4 Å². The maximum absolute atomic E-state index is 15.2. The van der Waals surface area contributed by atoms with Crippen LogP contribution in [0.3, 0.4) is 0 Å². The molecular formula is C72H84F2N10O12S2. The third kappa shape index (κ3) is 18.1. The SMILES string of the molecule is Cc1ccc2c(CS(=O)(=O)C[C@@H]3CCCO3)c(F)ccc2c1Oc1ncccc1-c1ccnc(N[C@H]2CCCN(C(=O)OC(C)(C)C)C2)n1.Cc1ccc2c(CS(=O)(=O)C[C@H]3CCCO3)c(F)ccc2c1Oc1ncccc1-c1ccnc(N[C@H]2CCCN(C(=O)OC(C)(C)C)C2)n1. The number of benzene rings is 4. The molecule has 2 N–H and O–H groups in total. The van der Waals surface area contributed by atoms with Gasteiger partial charge in [0.05, 0.1) is 57.7 Å². The molecule has 4 aliphatic heterocycles. The molecule has 4 aromatic carbocycles. The topological polar surface area (TPSA) is 266 Å². The number of nitrogens with zero attached hydrogens (tertiary/aromatic N) is 8. The molecule has 0 spiro atoms. The Morgan fingerprint density at radius 2 is 0.939 bits per heavy atom. The third-order valence-electron chi connectivity index (χ3n) is 17.1. The van der Waals surface area contributed by atoms with E-state index in [0.29, 0.717) is 120 Å². The summed E-state index contributed by atoms with van der Waals surface area (Å²) >= 11 is 0. The number of pyridine rings is 2. The Kier molecular flexibility index (Phi) is 21.7. The van der Waals surface area contributed by atoms with Crippen LogP contribution < -0.4 is 20.1 Å². The van der Waals surface area contributed by atoms with E-state index in [1.807, 2.05) is 67.5 Å². The van der Waals surface area contributed by atoms with Gasteiger partial charge in [-0.2, -0.15) is 0 Å². The Bertz CT molecular complexity index is 4170. The molecule has 2 amide bonds. The number of halogens is 2. The molecule has 98 heavy (non-hydrogen) atoms. The number of aromatic nitrogens is 6. The lowest BCUT2D eigenvalue weighted by Crippen LogP contribution is -2.47. The number of carbonyl (C=O) groups excluding carboxylic acids is 2. The van der Waals surface area contributed by atoms with Crippen LogP contribution in [-0.4, -0.2) is 155 Å². The molecule has 520 valence electrons. The highest BCUT2D eigenvalue weighted by Crippen LogP contribution is 2.41. The van der Waals surface area contributed by atoms with Crippen molar-refractivity contribution in [3.8, 4) is 45.8 Å². The average molecular weight is 1380 g/mol. The summed E-state index contributed by atoms with van der Waals surface area (Å²) in [5.41, 5.74) is 2.90. The predicted octanol–water partition coefficient (Wildman–Crippen LogP) is 13.7. The van der Waals surface area contributed by atoms with Gasteiger partial charge in [-0.1, -0.05) is 24.3 Å². The van der Waals surface area contributed by atoms with Crippen LogP contribution in [0, 0.1) is 25.5 Å². The minimum atomic E-state index is -3.65. The fraction of sp³-hybridized carbons (Fsp3) is 0.444. The number of amides is 2. The summed E-state index contributed by atoms with van der Waals surface area (Å²) in [5.74, 6) is -0.151. The number of hydrogen-bond acceptors (Lipinski definition) is 20. The minimum Gasteiger partial charge on any atom is -0.444 e. The fourth-order valence-electron chi connectivity index (χ4n) is 12.5. The van der Waals surface area contributed by atoms with Crippen molar-refractivity contribution in [2.75, 3.05) is 61.5 Å². The summed E-state index contributed by atoms with van der Waals surface area (Å²) in [5, 5.41) is 8.78. The quantitative estimate of drug-likeness (QED) is 0.0808. The van der Waals surface area contributed by atoms with Gasteiger partial charge in [0.15, 0.2) is 19.7 Å². The number of hydrogen-bond donors (Lipinski definition) is 2. The lowest BCUT2D eigenvalue weighted by atomic mass is 10.0. The van der Waals surface area contributed by atoms with Gasteiger partial charge in [-0.3, -0.25) is 0 Å². The normalized spacial score (nSPS) is 18.4. The summed E-state index contributed by atoms with van der Waals surface area (Å²) in [6.45, 7) is 18.1. The van der Waals surface area contributed by atoms with Gasteiger partial charge in [-0.15, -0.1) is 0 Å². The number of aryl methyl sites for hydroxylation is 2. The third-order valence-corrected chi connectivity index (χ3v) is 20.3. The van der Waals surface area contributed by atoms with Crippen molar-refractivity contribution in [2.24, 2.45) is 0 Å². The molecule has 26 heteroatoms. The van der Waals surface area contributed by atoms with Gasteiger partial charge < -0.3 is 48.9 Å². The van der Waals surface area contributed by atoms with Crippen LogP contribution in [-0.2, 0) is 50.1 Å². The summed E-state index contributed by atoms with van der Waals surface area (Å²) in [6, 6.07) is 23.4. The first-order valence-corrected chi connectivity index (χ1v) is 36.8. The number of sulfone groups is 2. The lowest BCUT2D eigenvalue weighted by molar-refractivity contribution is 0.0196. The molecule has 4 fully saturated rings. The predicted molar refractivity (Wildman–Crippen MR) is 370 cm³/mol. The van der Waals surface area contributed by atoms with Crippen molar-refractivity contribution in [1.82, 2.24) is 39.7 Å². The molecule has 4 aliphatic rings. The van der Waals surface area contributed by atoms with E-state index in [1.54, 1.807) is 95.3 Å². The van der Waals surface area contributed by atoms with Crippen molar-refractivity contribution in [2.45, 2.75) is 154 Å². The first-order chi connectivity index (χ1) is 46.7. The van der Waals surface area contributed by atoms with Crippen molar-refractivity contribution >= 4 is 65.3 Å². The van der Waals surface area contributed by atoms with E-state index in [0.717, 1.165) is 49.7 Å². The van der Waals surface area contributed by atoms with Crippen LogP contribution >= 0.6 is 0 Å². The zero-order valence-corrected chi connectivity index (χ0v) is 58.1. The molecule has 0 bridgehead atoms. The number of ether oxygens (including phenoxy) is 6. The van der Waals surface area contributed by atoms with Crippen molar-refractivity contribution in [3.05, 3.63) is 144 Å². The second-order valence-electron chi connectivity index (χ2n) is 27.3. The highest BCUT2D eigenvalue weighted by atomic mass is 32.2. The van der Waals surface area contributed by atoms with Gasteiger partial charge in [-0.05, 0) is 189 Å². The number of rotatable bonds is 18. The van der Waals surface area contributed by atoms with Crippen LogP contribution in [0.2, 0.25) is 0 Å². The second kappa shape index (κ2) is 30.2. The lowest BCUT2D eigenvalue weighted by Gasteiger charge is -2.34. The van der Waals surface area contributed by atoms with Crippen molar-refractivity contribution in [3.63, 3.8) is 0 Å². The van der Waals surface area contributed by atoms with Crippen LogP contribution in [0.15, 0.2) is 110 Å². The average Bonchev–Trinajstić information content (AvgIpc) is 0.924. The Hall–Kier alpha value is -8.72. The molecule has 0 unspecified atom stereocenters. The molecule has 4 atom stereocenters. The molecule has 0 radical (unpaired) electrons. The summed E-state index contributed by atoms with van der Waals surface area (Å²) in [7, 11) is -7.30. The molecular weight excluding hydrogens is 1300 g/mol. The molecule has 12 rings (SSSR count). The zero-order chi connectivity index (χ0) is 69.5. The van der Waals surface area contributed by atoms with Gasteiger partial charge >= 0.3 is 12.2 Å². The van der Waals surface area contributed by atoms with Crippen LogP contribution in [0.5, 0.6) is 23.3 Å². The first kappa shape index (κ1) is 70.6. The molecule has 4 aromatic heterocycles. The van der Waals surface area contributed by atoms with E-state index in [4.69, 9.17) is 38.4 Å². The summed E-state index contributed by atoms with van der Waals surface area (Å²) < 4.78 is 118. The van der Waals surface area contributed by atoms with Gasteiger partial charge in [0.25, 0.3) is 0 Å². The molecule has 8 aromatic rings. The molecule has 4 saturated heterocycles. The number of likely N-dealkylation sites (tertiary alicyclic amines) is 2. The first-order valence-electron chi connectivity index (χ1n) is 33.2. The van der Waals surface area contributed by atoms with E-state index in [-0.39, 0.29) is 70.9 Å². The smallest absolute Gasteiger partial charge is 0.410 e. The number of nitrogens with one attached hydrogen (secondary N) is 2. The standard InChI is InChI=1S/2C36H42FN5O6S/c2*1-23-11-12-26-27(13-14-30(37)29(26)22-49(44,45)21-25-9-7-19-46-25)32(23)47-33-28(10-5-16-38-33)31-15-17-39-34(41-31)40-24-8-6-18-42(20-24)35(43)48-36(2,3)4/h2*5,10-17,24-25H,6-9,18-22H2,1-4H3,(H,39,40,41)/t24-,25+;24-,25-/m00/s1. The molecule has 0 saturated carbocycles.